The van der Waals surface area contributed by atoms with Gasteiger partial charge < -0.3 is 64.8 Å². The van der Waals surface area contributed by atoms with Crippen LogP contribution in [0, 0.1) is 29.4 Å². The van der Waals surface area contributed by atoms with Gasteiger partial charge in [-0.05, 0) is 131 Å². The van der Waals surface area contributed by atoms with Crippen LogP contribution in [0.5, 0.6) is 0 Å². The summed E-state index contributed by atoms with van der Waals surface area (Å²) in [6.07, 6.45) is -6.95. The molecule has 2 bridgehead atoms. The lowest BCUT2D eigenvalue weighted by Crippen LogP contribution is -2.68. The molecule has 1 spiro atoms. The van der Waals surface area contributed by atoms with Gasteiger partial charge in [-0.2, -0.15) is 26.3 Å². The van der Waals surface area contributed by atoms with Crippen molar-refractivity contribution in [1.29, 1.82) is 0 Å². The average Bonchev–Trinajstić information content (AvgIpc) is 1.07. The lowest BCUT2D eigenvalue weighted by Gasteiger charge is -2.46. The van der Waals surface area contributed by atoms with Crippen LogP contribution in [-0.2, 0) is 87.5 Å². The first kappa shape index (κ1) is 88.4. The van der Waals surface area contributed by atoms with Gasteiger partial charge >= 0.3 is 12.4 Å². The molecule has 2 saturated heterocycles. The lowest BCUT2D eigenvalue weighted by atomic mass is 9.74. The summed E-state index contributed by atoms with van der Waals surface area (Å²) in [6, 6.07) is -7.31. The average molecular weight is 1560 g/mol. The predicted molar refractivity (Wildman–Crippen MR) is 388 cm³/mol. The third kappa shape index (κ3) is 21.3. The molecule has 5 aliphatic rings. The van der Waals surface area contributed by atoms with Gasteiger partial charge in [-0.15, -0.1) is 0 Å². The van der Waals surface area contributed by atoms with Gasteiger partial charge in [0.15, 0.2) is 0 Å². The maximum Gasteiger partial charge on any atom is 0.422 e. The number of carbonyl (C=O) groups is 12. The minimum absolute atomic E-state index is 0.0351. The van der Waals surface area contributed by atoms with Gasteiger partial charge in [-0.25, -0.2) is 8.78 Å². The summed E-state index contributed by atoms with van der Waals surface area (Å²) in [5.41, 5.74) is -5.25. The zero-order valence-electron chi connectivity index (χ0n) is 65.2. The molecule has 3 heterocycles. The van der Waals surface area contributed by atoms with Crippen molar-refractivity contribution in [3.05, 3.63) is 82.4 Å². The number of amides is 12. The van der Waals surface area contributed by atoms with E-state index in [2.05, 4.69) is 16.0 Å². The Hall–Kier alpha value is -8.78. The molecular formula is C77H108F8N12O13. The summed E-state index contributed by atoms with van der Waals surface area (Å²) < 4.78 is 120. The fourth-order valence-electron chi connectivity index (χ4n) is 15.4. The van der Waals surface area contributed by atoms with E-state index in [1.54, 1.807) is 32.9 Å². The number of likely N-dealkylation sites (N-methyl/N-ethyl adjacent to an activating group) is 7. The van der Waals surface area contributed by atoms with Crippen LogP contribution in [0.3, 0.4) is 0 Å². The third-order valence-corrected chi connectivity index (χ3v) is 22.2. The molecular weight excluding hydrogens is 1450 g/mol. The molecule has 25 nitrogen and oxygen atoms in total. The Morgan fingerprint density at radius 3 is 1.86 bits per heavy atom. The topological polar surface area (TPSA) is 279 Å². The zero-order valence-corrected chi connectivity index (χ0v) is 65.2. The minimum Gasteiger partial charge on any atom is -0.377 e. The number of halogens is 8. The monoisotopic (exact) mass is 1560 g/mol. The number of rotatable bonds is 15. The van der Waals surface area contributed by atoms with Crippen LogP contribution in [0.25, 0.3) is 0 Å². The molecule has 33 heteroatoms. The summed E-state index contributed by atoms with van der Waals surface area (Å²) in [7, 11) is 9.38. The Balaban J connectivity index is 1.36. The van der Waals surface area contributed by atoms with Gasteiger partial charge in [0.2, 0.25) is 70.9 Å². The van der Waals surface area contributed by atoms with Gasteiger partial charge in [0.05, 0.1) is 31.2 Å². The summed E-state index contributed by atoms with van der Waals surface area (Å²) >= 11 is 0. The van der Waals surface area contributed by atoms with Crippen LogP contribution in [0.4, 0.5) is 35.1 Å². The summed E-state index contributed by atoms with van der Waals surface area (Å²) in [5.74, 6) is -15.3. The van der Waals surface area contributed by atoms with Crippen LogP contribution in [0.15, 0.2) is 48.6 Å². The van der Waals surface area contributed by atoms with E-state index < -0.39 is 222 Å². The molecule has 2 aliphatic carbocycles. The Labute approximate surface area is 637 Å². The van der Waals surface area contributed by atoms with Crippen molar-refractivity contribution in [3.8, 4) is 0 Å². The van der Waals surface area contributed by atoms with Crippen molar-refractivity contribution in [2.24, 2.45) is 17.8 Å². The van der Waals surface area contributed by atoms with E-state index >= 15 is 42.3 Å². The van der Waals surface area contributed by atoms with Crippen molar-refractivity contribution in [2.45, 2.75) is 223 Å². The molecule has 610 valence electrons. The standard InChI is InChI=1S/C77H108F8N12O13/c1-14-34-89(7)69(104)58-41-61(99)93(11)56(36-45(4)5)66(101)87-64(46(6)15-2)72(107)91(9)44-62(100)92(10)55-25-18-17-21-35-96(71(55)106)59(39-47-26-29-50(30-27-47)76(80,81)82)70(105)90(8)43-60(98)86-54(31-28-48-37-52(78)63(53(79)38-48)77(83,84)85)68(103)97-42-51(110-16-3)40-57(97)67(102)88-75(32-22-33-75)74(109)95(13)65(73(108)94(58)12)49-23-19-20-24-49/h17-18,26-27,29-30,37-38,45-46,49,51,54-59,64-65H,14-16,19-25,28,31-36,39-44H2,1-13H3,(H,86,98)(H,87,101)(H,88,102)/b18-17-/t46-,51+,54-,55-,56-,57-,58-,59-,64-,65-/m0/s1. The quantitative estimate of drug-likeness (QED) is 0.127. The Kier molecular flexibility index (Phi) is 30.5. The van der Waals surface area contributed by atoms with Crippen LogP contribution < -0.4 is 16.0 Å². The lowest BCUT2D eigenvalue weighted by molar-refractivity contribution is -0.158. The van der Waals surface area contributed by atoms with Crippen LogP contribution >= 0.6 is 0 Å². The maximum absolute atomic E-state index is 15.6. The number of hydrogen-bond acceptors (Lipinski definition) is 13. The van der Waals surface area contributed by atoms with E-state index in [1.165, 1.54) is 52.1 Å². The molecule has 0 radical (unpaired) electrons. The number of ether oxygens (including phenoxy) is 1. The number of nitrogens with zero attached hydrogens (tertiary/aromatic N) is 9. The van der Waals surface area contributed by atoms with Gasteiger partial charge in [0.25, 0.3) is 0 Å². The third-order valence-electron chi connectivity index (χ3n) is 22.2. The summed E-state index contributed by atoms with van der Waals surface area (Å²) in [5, 5.41) is 8.30. The second kappa shape index (κ2) is 38.0. The molecule has 3 aliphatic heterocycles. The molecule has 3 N–H and O–H groups in total. The van der Waals surface area contributed by atoms with Crippen LogP contribution in [0.2, 0.25) is 0 Å². The van der Waals surface area contributed by atoms with Crippen molar-refractivity contribution >= 4 is 70.9 Å². The van der Waals surface area contributed by atoms with Gasteiger partial charge in [-0.3, -0.25) is 57.5 Å². The minimum atomic E-state index is -5.46. The molecule has 110 heavy (non-hydrogen) atoms. The van der Waals surface area contributed by atoms with Crippen molar-refractivity contribution in [2.75, 3.05) is 88.7 Å². The number of fused-ring (bicyclic) bond motifs is 3. The number of hydrogen-bond donors (Lipinski definition) is 3. The summed E-state index contributed by atoms with van der Waals surface area (Å²) in [4.78, 5) is 192. The molecule has 10 atom stereocenters. The van der Waals surface area contributed by atoms with E-state index in [9.17, 15) is 50.3 Å². The number of nitrogens with one attached hydrogen (secondary N) is 3. The van der Waals surface area contributed by atoms with E-state index in [4.69, 9.17) is 4.74 Å². The fourth-order valence-corrected chi connectivity index (χ4v) is 15.4. The second-order valence-electron chi connectivity index (χ2n) is 30.5. The largest absolute Gasteiger partial charge is 0.422 e. The first-order valence-corrected chi connectivity index (χ1v) is 37.9. The molecule has 2 aromatic rings. The fraction of sp³-hybridized carbons (Fsp3) is 0.662. The number of carbonyl (C=O) groups excluding carboxylic acids is 12. The highest BCUT2D eigenvalue weighted by molar-refractivity contribution is 6.01. The number of alkyl halides is 6. The van der Waals surface area contributed by atoms with E-state index in [0.29, 0.717) is 57.1 Å². The second-order valence-corrected chi connectivity index (χ2v) is 30.5. The first-order valence-electron chi connectivity index (χ1n) is 37.9. The van der Waals surface area contributed by atoms with E-state index in [1.807, 2.05) is 20.8 Å². The van der Waals surface area contributed by atoms with Gasteiger partial charge in [-0.1, -0.05) is 78.2 Å². The van der Waals surface area contributed by atoms with Gasteiger partial charge in [0, 0.05) is 88.4 Å². The molecule has 2 saturated carbocycles. The number of aryl methyl sites for hydroxylation is 1. The SMILES string of the molecule is CCCN(C)C(=O)[C@@H]1CC(=O)N(C)[C@@H](CC(C)C)C(=O)N[C@@H]([C@@H](C)CC)C(=O)N(C)CC(=O)N(C)[C@H]2C/C=C\CCN(C2=O)[C@@H](Cc2ccc(C(F)(F)F)cc2)C(=O)N(C)CC(=O)N[C@@H](CCc2cc(F)c(C(F)(F)F)c(F)c2)C(=O)N2C[C@H](OCC)C[C@H]2C(=O)NC2(CCC2)C(=O)N(C)[C@@H](C2CCCC2)C(=O)N1C. The van der Waals surface area contributed by atoms with Crippen molar-refractivity contribution < 1.29 is 97.4 Å². The highest BCUT2D eigenvalue weighted by atomic mass is 19.4. The van der Waals surface area contributed by atoms with Crippen molar-refractivity contribution in [1.82, 2.24) is 60.0 Å². The zero-order chi connectivity index (χ0) is 81.8. The molecule has 2 aromatic carbocycles. The first-order chi connectivity index (χ1) is 51.6. The predicted octanol–water partition coefficient (Wildman–Crippen LogP) is 6.52. The van der Waals surface area contributed by atoms with E-state index in [-0.39, 0.29) is 76.2 Å². The smallest absolute Gasteiger partial charge is 0.377 e. The molecule has 4 fully saturated rings. The Morgan fingerprint density at radius 1 is 0.673 bits per heavy atom. The highest BCUT2D eigenvalue weighted by Crippen LogP contribution is 2.40. The Morgan fingerprint density at radius 2 is 1.30 bits per heavy atom. The molecule has 12 amide bonds. The highest BCUT2D eigenvalue weighted by Gasteiger charge is 2.54. The normalized spacial score (nSPS) is 25.8. The van der Waals surface area contributed by atoms with Crippen molar-refractivity contribution in [3.63, 3.8) is 0 Å². The molecule has 0 aromatic heterocycles. The Bertz CT molecular complexity index is 3680. The molecule has 7 rings (SSSR count). The van der Waals surface area contributed by atoms with Crippen LogP contribution in [-0.4, -0.2) is 264 Å². The number of benzene rings is 2. The maximum atomic E-state index is 15.6. The van der Waals surface area contributed by atoms with Crippen LogP contribution in [0.1, 0.15) is 160 Å². The molecule has 0 unspecified atom stereocenters. The summed E-state index contributed by atoms with van der Waals surface area (Å²) in [6.45, 7) is 8.58. The van der Waals surface area contributed by atoms with E-state index in [0.717, 1.165) is 65.6 Å². The van der Waals surface area contributed by atoms with Gasteiger partial charge in [0.1, 0.15) is 71.1 Å².